The Bertz CT molecular complexity index is 373. The molecule has 68 valence electrons. The molecule has 5 heteroatoms. The first kappa shape index (κ1) is 9.35. The largest absolute Gasteiger partial charge is 0.505 e. The number of rotatable bonds is 2. The van der Waals surface area contributed by atoms with Crippen LogP contribution in [0, 0.1) is 11.6 Å². The van der Waals surface area contributed by atoms with Crippen LogP contribution >= 0.6 is 0 Å². The summed E-state index contributed by atoms with van der Waals surface area (Å²) in [4.78, 5) is 12.7. The first-order valence-electron chi connectivity index (χ1n) is 3.36. The molecule has 13 heavy (non-hydrogen) atoms. The summed E-state index contributed by atoms with van der Waals surface area (Å²) >= 11 is 0. The fraction of sp³-hybridized carbons (Fsp3) is 0.125. The predicted octanol–water partition coefficient (Wildman–Crippen LogP) is 1.51. The third kappa shape index (κ3) is 1.89. The third-order valence-corrected chi connectivity index (χ3v) is 1.47. The number of halogens is 2. The molecular weight excluding hydrogens is 180 g/mol. The van der Waals surface area contributed by atoms with E-state index in [1.54, 1.807) is 0 Å². The molecule has 3 nitrogen and oxygen atoms in total. The summed E-state index contributed by atoms with van der Waals surface area (Å²) in [6.45, 7) is -0.463. The lowest BCUT2D eigenvalue weighted by atomic mass is 10.2. The van der Waals surface area contributed by atoms with E-state index in [2.05, 4.69) is 4.99 Å². The van der Waals surface area contributed by atoms with E-state index >= 15 is 0 Å². The van der Waals surface area contributed by atoms with Gasteiger partial charge in [-0.2, -0.15) is 0 Å². The van der Waals surface area contributed by atoms with Gasteiger partial charge in [-0.15, -0.1) is 0 Å². The molecule has 0 aromatic heterocycles. The van der Waals surface area contributed by atoms with E-state index in [4.69, 9.17) is 5.11 Å². The van der Waals surface area contributed by atoms with Crippen LogP contribution in [0.25, 0.3) is 0 Å². The quantitative estimate of drug-likeness (QED) is 0.560. The number of benzene rings is 1. The number of hydrogen-bond donors (Lipinski definition) is 1. The van der Waals surface area contributed by atoms with Crippen molar-refractivity contribution in [3.05, 3.63) is 29.3 Å². The minimum Gasteiger partial charge on any atom is -0.505 e. The van der Waals surface area contributed by atoms with E-state index in [-0.39, 0.29) is 0 Å². The van der Waals surface area contributed by atoms with Gasteiger partial charge < -0.3 is 5.11 Å². The molecule has 1 rings (SSSR count). The molecule has 0 bridgehead atoms. The molecule has 0 fully saturated rings. The van der Waals surface area contributed by atoms with E-state index < -0.39 is 29.5 Å². The number of carbonyl (C=O) groups excluding carboxylic acids is 1. The fourth-order valence-corrected chi connectivity index (χ4v) is 0.842. The highest BCUT2D eigenvalue weighted by Crippen LogP contribution is 2.22. The van der Waals surface area contributed by atoms with Gasteiger partial charge in [0, 0.05) is 5.56 Å². The average Bonchev–Trinajstić information content (AvgIpc) is 2.12. The van der Waals surface area contributed by atoms with Crippen LogP contribution in [0.1, 0.15) is 5.56 Å². The Morgan fingerprint density at radius 2 is 2.15 bits per heavy atom. The minimum atomic E-state index is -1.10. The number of aromatic hydroxyl groups is 1. The summed E-state index contributed by atoms with van der Waals surface area (Å²) in [7, 11) is 0. The minimum absolute atomic E-state index is 0.441. The standard InChI is InChI=1S/C8H5F2NO2/c9-6-1-2-7(13)8(10)5(6)3-11-4-12/h1-2,13H,3H2. The predicted molar refractivity (Wildman–Crippen MR) is 39.8 cm³/mol. The zero-order valence-electron chi connectivity index (χ0n) is 6.42. The second kappa shape index (κ2) is 3.78. The highest BCUT2D eigenvalue weighted by Gasteiger charge is 2.11. The molecule has 0 amide bonds. The fourth-order valence-electron chi connectivity index (χ4n) is 0.842. The van der Waals surface area contributed by atoms with Crippen molar-refractivity contribution in [2.24, 2.45) is 4.99 Å². The van der Waals surface area contributed by atoms with Gasteiger partial charge in [-0.3, -0.25) is 0 Å². The maximum Gasteiger partial charge on any atom is 0.235 e. The molecule has 1 N–H and O–H groups in total. The van der Waals surface area contributed by atoms with Gasteiger partial charge in [0.25, 0.3) is 0 Å². The molecule has 0 aliphatic rings. The summed E-state index contributed by atoms with van der Waals surface area (Å²) < 4.78 is 25.7. The van der Waals surface area contributed by atoms with E-state index in [1.165, 1.54) is 0 Å². The third-order valence-electron chi connectivity index (χ3n) is 1.47. The number of hydrogen-bond acceptors (Lipinski definition) is 3. The molecule has 0 heterocycles. The summed E-state index contributed by atoms with van der Waals surface area (Å²) in [5, 5.41) is 8.84. The molecule has 0 atom stereocenters. The lowest BCUT2D eigenvalue weighted by Crippen LogP contribution is -1.94. The molecule has 0 unspecified atom stereocenters. The van der Waals surface area contributed by atoms with Crippen LogP contribution in [-0.2, 0) is 11.3 Å². The summed E-state index contributed by atoms with van der Waals surface area (Å²) in [5.41, 5.74) is -0.441. The number of phenolic OH excluding ortho intramolecular Hbond substituents is 1. The second-order valence-electron chi connectivity index (χ2n) is 2.27. The van der Waals surface area contributed by atoms with Gasteiger partial charge in [0.05, 0.1) is 6.54 Å². The van der Waals surface area contributed by atoms with E-state index in [1.807, 2.05) is 0 Å². The number of isocyanates is 1. The van der Waals surface area contributed by atoms with Gasteiger partial charge in [0.2, 0.25) is 6.08 Å². The monoisotopic (exact) mass is 185 g/mol. The molecule has 1 aromatic rings. The van der Waals surface area contributed by atoms with Crippen molar-refractivity contribution in [3.8, 4) is 5.75 Å². The van der Waals surface area contributed by atoms with E-state index in [0.717, 1.165) is 18.2 Å². The topological polar surface area (TPSA) is 49.7 Å². The Morgan fingerprint density at radius 1 is 1.46 bits per heavy atom. The van der Waals surface area contributed by atoms with Crippen LogP contribution < -0.4 is 0 Å². The van der Waals surface area contributed by atoms with Gasteiger partial charge in [-0.05, 0) is 12.1 Å². The van der Waals surface area contributed by atoms with Gasteiger partial charge >= 0.3 is 0 Å². The zero-order valence-corrected chi connectivity index (χ0v) is 6.42. The Balaban J connectivity index is 3.16. The van der Waals surface area contributed by atoms with Crippen LogP contribution in [0.5, 0.6) is 5.75 Å². The van der Waals surface area contributed by atoms with Crippen molar-refractivity contribution in [1.82, 2.24) is 0 Å². The first-order valence-corrected chi connectivity index (χ1v) is 3.36. The SMILES string of the molecule is O=C=NCc1c(F)ccc(O)c1F. The lowest BCUT2D eigenvalue weighted by molar-refractivity contribution is 0.422. The molecule has 0 saturated carbocycles. The molecular formula is C8H5F2NO2. The van der Waals surface area contributed by atoms with Crippen molar-refractivity contribution >= 4 is 6.08 Å². The Kier molecular flexibility index (Phi) is 2.72. The van der Waals surface area contributed by atoms with Crippen LogP contribution in [0.3, 0.4) is 0 Å². The Hall–Kier alpha value is -1.74. The van der Waals surface area contributed by atoms with Crippen LogP contribution in [0.4, 0.5) is 8.78 Å². The number of aliphatic imine (C=N–C) groups is 1. The van der Waals surface area contributed by atoms with Crippen molar-refractivity contribution in [2.45, 2.75) is 6.54 Å². The molecule has 0 spiro atoms. The van der Waals surface area contributed by atoms with Crippen LogP contribution in [0.2, 0.25) is 0 Å². The van der Waals surface area contributed by atoms with Crippen LogP contribution in [-0.4, -0.2) is 11.2 Å². The number of phenols is 1. The van der Waals surface area contributed by atoms with Crippen LogP contribution in [0.15, 0.2) is 17.1 Å². The Morgan fingerprint density at radius 3 is 2.77 bits per heavy atom. The van der Waals surface area contributed by atoms with Gasteiger partial charge in [-0.25, -0.2) is 18.6 Å². The molecule has 0 saturated heterocycles. The van der Waals surface area contributed by atoms with Crippen molar-refractivity contribution < 1.29 is 18.7 Å². The normalized spacial score (nSPS) is 9.38. The highest BCUT2D eigenvalue weighted by atomic mass is 19.1. The molecule has 0 radical (unpaired) electrons. The van der Waals surface area contributed by atoms with E-state index in [9.17, 15) is 13.6 Å². The molecule has 0 aliphatic heterocycles. The molecule has 0 aliphatic carbocycles. The highest BCUT2D eigenvalue weighted by molar-refractivity contribution is 5.36. The average molecular weight is 185 g/mol. The maximum atomic E-state index is 12.9. The summed E-state index contributed by atoms with van der Waals surface area (Å²) in [6.07, 6.45) is 1.15. The lowest BCUT2D eigenvalue weighted by Gasteiger charge is -2.01. The summed E-state index contributed by atoms with van der Waals surface area (Å²) in [5.74, 6) is -2.62. The van der Waals surface area contributed by atoms with Crippen molar-refractivity contribution in [2.75, 3.05) is 0 Å². The zero-order chi connectivity index (χ0) is 9.84. The van der Waals surface area contributed by atoms with Gasteiger partial charge in [-0.1, -0.05) is 0 Å². The molecule has 1 aromatic carbocycles. The van der Waals surface area contributed by atoms with Gasteiger partial charge in [0.15, 0.2) is 11.6 Å². The van der Waals surface area contributed by atoms with Crippen molar-refractivity contribution in [3.63, 3.8) is 0 Å². The number of nitrogens with zero attached hydrogens (tertiary/aromatic N) is 1. The van der Waals surface area contributed by atoms with E-state index in [0.29, 0.717) is 0 Å². The van der Waals surface area contributed by atoms with Gasteiger partial charge in [0.1, 0.15) is 5.82 Å². The smallest absolute Gasteiger partial charge is 0.235 e. The first-order chi connectivity index (χ1) is 6.16. The van der Waals surface area contributed by atoms with Crippen molar-refractivity contribution in [1.29, 1.82) is 0 Å². The summed E-state index contributed by atoms with van der Waals surface area (Å²) in [6, 6.07) is 1.78. The Labute approximate surface area is 72.3 Å². The second-order valence-corrected chi connectivity index (χ2v) is 2.27. The maximum absolute atomic E-state index is 12.9.